The molecule has 0 aliphatic rings. The van der Waals surface area contributed by atoms with Gasteiger partial charge in [-0.15, -0.1) is 0 Å². The summed E-state index contributed by atoms with van der Waals surface area (Å²) in [5.74, 6) is 0.811. The minimum Gasteiger partial charge on any atom is -0.482 e. The van der Waals surface area contributed by atoms with Crippen molar-refractivity contribution >= 4 is 40.7 Å². The molecule has 2 aromatic carbocycles. The second-order valence-corrected chi connectivity index (χ2v) is 7.91. The maximum atomic E-state index is 12.3. The largest absolute Gasteiger partial charge is 0.482 e. The Hall–Kier alpha value is -3.10. The van der Waals surface area contributed by atoms with E-state index in [0.29, 0.717) is 46.3 Å². The Morgan fingerprint density at radius 1 is 1.09 bits per heavy atom. The predicted molar refractivity (Wildman–Crippen MR) is 127 cm³/mol. The zero-order valence-corrected chi connectivity index (χ0v) is 19.8. The lowest BCUT2D eigenvalue weighted by atomic mass is 10.2. The first kappa shape index (κ1) is 24.5. The molecule has 1 N–H and O–H groups in total. The summed E-state index contributed by atoms with van der Waals surface area (Å²) in [5.41, 5.74) is 1.29. The van der Waals surface area contributed by atoms with E-state index in [1.54, 1.807) is 47.4 Å². The minimum atomic E-state index is -0.234. The molecular formula is C23H24Cl2N4O4. The Morgan fingerprint density at radius 3 is 2.48 bits per heavy atom. The van der Waals surface area contributed by atoms with Crippen molar-refractivity contribution in [1.29, 1.82) is 0 Å². The average Bonchev–Trinajstić information content (AvgIpc) is 3.27. The van der Waals surface area contributed by atoms with Gasteiger partial charge in [-0.2, -0.15) is 4.98 Å². The number of ether oxygens (including phenoxy) is 1. The van der Waals surface area contributed by atoms with Crippen LogP contribution in [0.2, 0.25) is 10.0 Å². The van der Waals surface area contributed by atoms with Crippen molar-refractivity contribution in [3.05, 3.63) is 58.4 Å². The number of amides is 2. The van der Waals surface area contributed by atoms with Crippen LogP contribution in [-0.4, -0.2) is 46.6 Å². The number of nitrogens with one attached hydrogen (secondary N) is 1. The molecule has 33 heavy (non-hydrogen) atoms. The lowest BCUT2D eigenvalue weighted by Crippen LogP contribution is -2.34. The third-order valence-corrected chi connectivity index (χ3v) is 5.37. The standard InChI is InChI=1S/C23H24Cl2N4O4/c1-3-29(4-2)22(31)14-32-19-10-9-17(13-18(19)25)26-20(30)11-12-21-27-23(28-33-21)15-5-7-16(24)8-6-15/h5-10,13H,3-4,11-12,14H2,1-2H3,(H,26,30). The number of rotatable bonds is 10. The molecule has 0 fully saturated rings. The normalized spacial score (nSPS) is 10.7. The van der Waals surface area contributed by atoms with Gasteiger partial charge in [0.1, 0.15) is 5.75 Å². The second-order valence-electron chi connectivity index (χ2n) is 7.07. The Bertz CT molecular complexity index is 1100. The van der Waals surface area contributed by atoms with Gasteiger partial charge in [0.15, 0.2) is 6.61 Å². The number of benzene rings is 2. The van der Waals surface area contributed by atoms with Gasteiger partial charge in [0.25, 0.3) is 5.91 Å². The van der Waals surface area contributed by atoms with Gasteiger partial charge >= 0.3 is 0 Å². The topological polar surface area (TPSA) is 97.6 Å². The molecule has 10 heteroatoms. The lowest BCUT2D eigenvalue weighted by Gasteiger charge is -2.19. The first-order valence-electron chi connectivity index (χ1n) is 10.5. The minimum absolute atomic E-state index is 0.102. The third kappa shape index (κ3) is 6.94. The maximum Gasteiger partial charge on any atom is 0.260 e. The van der Waals surface area contributed by atoms with Crippen LogP contribution in [0.15, 0.2) is 47.0 Å². The first-order chi connectivity index (χ1) is 15.9. The molecule has 0 saturated heterocycles. The Labute approximate surface area is 201 Å². The van der Waals surface area contributed by atoms with Crippen LogP contribution in [0.25, 0.3) is 11.4 Å². The molecule has 174 valence electrons. The average molecular weight is 491 g/mol. The van der Waals surface area contributed by atoms with Gasteiger partial charge in [-0.3, -0.25) is 9.59 Å². The number of halogens is 2. The van der Waals surface area contributed by atoms with Gasteiger partial charge in [-0.05, 0) is 56.3 Å². The van der Waals surface area contributed by atoms with Crippen LogP contribution >= 0.6 is 23.2 Å². The molecule has 1 heterocycles. The van der Waals surface area contributed by atoms with E-state index in [1.807, 2.05) is 13.8 Å². The highest BCUT2D eigenvalue weighted by atomic mass is 35.5. The fraction of sp³-hybridized carbons (Fsp3) is 0.304. The van der Waals surface area contributed by atoms with E-state index in [1.165, 1.54) is 0 Å². The lowest BCUT2D eigenvalue weighted by molar-refractivity contribution is -0.133. The van der Waals surface area contributed by atoms with Crippen molar-refractivity contribution in [2.45, 2.75) is 26.7 Å². The first-order valence-corrected chi connectivity index (χ1v) is 11.2. The van der Waals surface area contributed by atoms with E-state index < -0.39 is 0 Å². The molecule has 0 atom stereocenters. The number of carbonyl (C=O) groups excluding carboxylic acids is 2. The molecule has 3 rings (SSSR count). The molecule has 8 nitrogen and oxygen atoms in total. The van der Waals surface area contributed by atoms with Crippen LogP contribution in [0.3, 0.4) is 0 Å². The summed E-state index contributed by atoms with van der Waals surface area (Å²) < 4.78 is 10.7. The highest BCUT2D eigenvalue weighted by Gasteiger charge is 2.14. The van der Waals surface area contributed by atoms with Crippen LogP contribution in [-0.2, 0) is 16.0 Å². The smallest absolute Gasteiger partial charge is 0.260 e. The molecule has 0 radical (unpaired) electrons. The van der Waals surface area contributed by atoms with E-state index in [-0.39, 0.29) is 31.3 Å². The van der Waals surface area contributed by atoms with Gasteiger partial charge in [0.2, 0.25) is 17.6 Å². The molecule has 0 bridgehead atoms. The molecule has 0 saturated carbocycles. The van der Waals surface area contributed by atoms with Crippen LogP contribution in [0.5, 0.6) is 5.75 Å². The number of hydrogen-bond donors (Lipinski definition) is 1. The molecule has 2 amide bonds. The zero-order valence-electron chi connectivity index (χ0n) is 18.3. The van der Waals surface area contributed by atoms with E-state index in [0.717, 1.165) is 5.56 Å². The maximum absolute atomic E-state index is 12.3. The Morgan fingerprint density at radius 2 is 1.82 bits per heavy atom. The monoisotopic (exact) mass is 490 g/mol. The number of carbonyl (C=O) groups is 2. The van der Waals surface area contributed by atoms with E-state index >= 15 is 0 Å². The summed E-state index contributed by atoms with van der Waals surface area (Å²) >= 11 is 12.1. The highest BCUT2D eigenvalue weighted by molar-refractivity contribution is 6.32. The fourth-order valence-electron chi connectivity index (χ4n) is 3.02. The van der Waals surface area contributed by atoms with E-state index in [9.17, 15) is 9.59 Å². The molecule has 3 aromatic rings. The number of nitrogens with zero attached hydrogens (tertiary/aromatic N) is 3. The summed E-state index contributed by atoms with van der Waals surface area (Å²) in [6.45, 7) is 4.94. The summed E-state index contributed by atoms with van der Waals surface area (Å²) in [6.07, 6.45) is 0.436. The summed E-state index contributed by atoms with van der Waals surface area (Å²) in [7, 11) is 0. The van der Waals surface area contributed by atoms with Crippen molar-refractivity contribution in [2.24, 2.45) is 0 Å². The van der Waals surface area contributed by atoms with Gasteiger partial charge in [-0.1, -0.05) is 28.4 Å². The van der Waals surface area contributed by atoms with Crippen LogP contribution in [0.1, 0.15) is 26.2 Å². The van der Waals surface area contributed by atoms with Gasteiger partial charge < -0.3 is 19.5 Å². The van der Waals surface area contributed by atoms with E-state index in [4.69, 9.17) is 32.5 Å². The SMILES string of the molecule is CCN(CC)C(=O)COc1ccc(NC(=O)CCc2nc(-c3ccc(Cl)cc3)no2)cc1Cl. The Kier molecular flexibility index (Phi) is 8.68. The summed E-state index contributed by atoms with van der Waals surface area (Å²) in [4.78, 5) is 30.4. The molecule has 0 aliphatic carbocycles. The summed E-state index contributed by atoms with van der Waals surface area (Å²) in [6, 6.07) is 11.9. The van der Waals surface area contributed by atoms with Crippen molar-refractivity contribution in [2.75, 3.05) is 25.0 Å². The van der Waals surface area contributed by atoms with Crippen LogP contribution in [0, 0.1) is 0 Å². The fourth-order valence-corrected chi connectivity index (χ4v) is 3.38. The third-order valence-electron chi connectivity index (χ3n) is 4.82. The van der Waals surface area contributed by atoms with Crippen LogP contribution in [0.4, 0.5) is 5.69 Å². The van der Waals surface area contributed by atoms with Gasteiger partial charge in [0.05, 0.1) is 5.02 Å². The summed E-state index contributed by atoms with van der Waals surface area (Å²) in [5, 5.41) is 7.61. The molecule has 0 unspecified atom stereocenters. The number of aromatic nitrogens is 2. The number of anilines is 1. The number of hydrogen-bond acceptors (Lipinski definition) is 6. The number of aryl methyl sites for hydroxylation is 1. The zero-order chi connectivity index (χ0) is 23.8. The second kappa shape index (κ2) is 11.7. The molecule has 0 aliphatic heterocycles. The quantitative estimate of drug-likeness (QED) is 0.435. The van der Waals surface area contributed by atoms with Gasteiger partial charge in [-0.25, -0.2) is 0 Å². The predicted octanol–water partition coefficient (Wildman–Crippen LogP) is 4.86. The Balaban J connectivity index is 1.50. The van der Waals surface area contributed by atoms with Crippen LogP contribution < -0.4 is 10.1 Å². The molecule has 0 spiro atoms. The van der Waals surface area contributed by atoms with Crippen molar-refractivity contribution in [3.8, 4) is 17.1 Å². The van der Waals surface area contributed by atoms with Crippen molar-refractivity contribution < 1.29 is 18.8 Å². The van der Waals surface area contributed by atoms with E-state index in [2.05, 4.69) is 15.5 Å². The highest BCUT2D eigenvalue weighted by Crippen LogP contribution is 2.28. The number of likely N-dealkylation sites (N-methyl/N-ethyl adjacent to an activating group) is 1. The van der Waals surface area contributed by atoms with Crippen molar-refractivity contribution in [3.63, 3.8) is 0 Å². The van der Waals surface area contributed by atoms with Crippen molar-refractivity contribution in [1.82, 2.24) is 15.0 Å². The molecule has 1 aromatic heterocycles. The molecular weight excluding hydrogens is 467 g/mol. The van der Waals surface area contributed by atoms with Gasteiger partial charge in [0, 0.05) is 42.2 Å².